The molecule has 0 rings (SSSR count). The number of hydrogen-bond donors (Lipinski definition) is 0. The Morgan fingerprint density at radius 1 is 0.352 bits per heavy atom. The Bertz CT molecular complexity index is 1530. The first-order valence-corrected chi connectivity index (χ1v) is 40.5. The van der Waals surface area contributed by atoms with Gasteiger partial charge in [-0.1, -0.05) is 378 Å². The van der Waals surface area contributed by atoms with E-state index in [4.69, 9.17) is 18.5 Å². The number of phosphoric ester groups is 1. The number of hydrogen-bond acceptors (Lipinski definition) is 8. The third-order valence-corrected chi connectivity index (χ3v) is 18.9. The third kappa shape index (κ3) is 73.5. The summed E-state index contributed by atoms with van der Waals surface area (Å²) in [7, 11) is 1.19. The molecule has 0 aliphatic heterocycles. The number of allylic oxidation sites excluding steroid dienone is 4. The van der Waals surface area contributed by atoms with Crippen LogP contribution in [0, 0.1) is 0 Å². The van der Waals surface area contributed by atoms with Crippen molar-refractivity contribution in [1.82, 2.24) is 0 Å². The van der Waals surface area contributed by atoms with Gasteiger partial charge in [0.1, 0.15) is 19.8 Å². The molecule has 522 valence electrons. The van der Waals surface area contributed by atoms with Gasteiger partial charge in [-0.3, -0.25) is 14.2 Å². The second kappa shape index (κ2) is 69.8. The Hall–Kier alpha value is -1.51. The van der Waals surface area contributed by atoms with Gasteiger partial charge in [0.15, 0.2) is 6.10 Å². The molecule has 0 aliphatic rings. The van der Waals surface area contributed by atoms with Crippen LogP contribution in [0.2, 0.25) is 0 Å². The van der Waals surface area contributed by atoms with Crippen LogP contribution < -0.4 is 4.89 Å². The van der Waals surface area contributed by atoms with Gasteiger partial charge in [-0.2, -0.15) is 0 Å². The van der Waals surface area contributed by atoms with Gasteiger partial charge in [-0.05, 0) is 44.9 Å². The number of nitrogens with zero attached hydrogens (tertiary/aromatic N) is 1. The van der Waals surface area contributed by atoms with E-state index in [1.807, 2.05) is 21.1 Å². The van der Waals surface area contributed by atoms with Crippen molar-refractivity contribution in [3.8, 4) is 0 Å². The molecule has 2 atom stereocenters. The highest BCUT2D eigenvalue weighted by atomic mass is 31.2. The number of carbonyl (C=O) groups excluding carboxylic acids is 2. The lowest BCUT2D eigenvalue weighted by Crippen LogP contribution is -2.37. The quantitative estimate of drug-likeness (QED) is 0.0195. The molecule has 0 aromatic heterocycles. The molecule has 0 bridgehead atoms. The smallest absolute Gasteiger partial charge is 0.306 e. The molecule has 0 aromatic rings. The van der Waals surface area contributed by atoms with Crippen molar-refractivity contribution in [3.05, 3.63) is 24.3 Å². The molecular weight excluding hydrogens is 1110 g/mol. The molecule has 0 N–H and O–H groups in total. The number of unbranched alkanes of at least 4 members (excludes halogenated alkanes) is 56. The Morgan fingerprint density at radius 2 is 0.614 bits per heavy atom. The average Bonchev–Trinajstić information content (AvgIpc) is 3.60. The molecule has 9 nitrogen and oxygen atoms in total. The Labute approximate surface area is 549 Å². The Morgan fingerprint density at radius 3 is 0.898 bits per heavy atom. The SMILES string of the molecule is CCCCCCC/C=C\C/C=C\CCCCCCCCCCCCCCCCCC(=O)OC(COC(=O)CCCCCCCCCCCCCCCCCCCCCCCCCCCCCCCCCCCCCCC)COP(=O)([O-])OCC[N+](C)(C)C. The van der Waals surface area contributed by atoms with Crippen molar-refractivity contribution in [1.29, 1.82) is 0 Å². The Balaban J connectivity index is 3.89. The van der Waals surface area contributed by atoms with E-state index in [1.54, 1.807) is 0 Å². The van der Waals surface area contributed by atoms with Gasteiger partial charge in [-0.25, -0.2) is 0 Å². The normalized spacial score (nSPS) is 13.1. The zero-order valence-corrected chi connectivity index (χ0v) is 60.6. The van der Waals surface area contributed by atoms with Crippen molar-refractivity contribution in [2.75, 3.05) is 47.5 Å². The minimum atomic E-state index is -4.64. The van der Waals surface area contributed by atoms with E-state index in [9.17, 15) is 19.0 Å². The highest BCUT2D eigenvalue weighted by Crippen LogP contribution is 2.38. The number of likely N-dealkylation sites (N-methyl/N-ethyl adjacent to an activating group) is 1. The summed E-state index contributed by atoms with van der Waals surface area (Å²) in [6, 6.07) is 0. The number of phosphoric acid groups is 1. The number of esters is 2. The van der Waals surface area contributed by atoms with Gasteiger partial charge in [0, 0.05) is 12.8 Å². The minimum absolute atomic E-state index is 0.0272. The molecule has 0 fully saturated rings. The van der Waals surface area contributed by atoms with Crippen LogP contribution in [-0.2, 0) is 32.7 Å². The van der Waals surface area contributed by atoms with E-state index in [-0.39, 0.29) is 32.0 Å². The zero-order chi connectivity index (χ0) is 64.1. The summed E-state index contributed by atoms with van der Waals surface area (Å²) < 4.78 is 34.4. The summed E-state index contributed by atoms with van der Waals surface area (Å²) in [5, 5.41) is 0. The van der Waals surface area contributed by atoms with Gasteiger partial charge in [0.05, 0.1) is 27.7 Å². The van der Waals surface area contributed by atoms with Gasteiger partial charge >= 0.3 is 11.9 Å². The van der Waals surface area contributed by atoms with Crippen LogP contribution in [0.4, 0.5) is 0 Å². The molecule has 0 saturated heterocycles. The number of ether oxygens (including phenoxy) is 2. The van der Waals surface area contributed by atoms with Crippen molar-refractivity contribution >= 4 is 19.8 Å². The second-order valence-electron chi connectivity index (χ2n) is 28.1. The van der Waals surface area contributed by atoms with E-state index < -0.39 is 26.5 Å². The number of quaternary nitrogens is 1. The van der Waals surface area contributed by atoms with Crippen molar-refractivity contribution in [2.45, 2.75) is 418 Å². The topological polar surface area (TPSA) is 111 Å². The van der Waals surface area contributed by atoms with Gasteiger partial charge in [0.2, 0.25) is 0 Å². The molecule has 0 saturated carbocycles. The van der Waals surface area contributed by atoms with Gasteiger partial charge in [-0.15, -0.1) is 0 Å². The largest absolute Gasteiger partial charge is 0.756 e. The number of rotatable bonds is 74. The maximum absolute atomic E-state index is 12.9. The molecule has 0 aromatic carbocycles. The molecule has 0 radical (unpaired) electrons. The fourth-order valence-electron chi connectivity index (χ4n) is 12.0. The molecule has 2 unspecified atom stereocenters. The predicted molar refractivity (Wildman–Crippen MR) is 379 cm³/mol. The van der Waals surface area contributed by atoms with Crippen LogP contribution >= 0.6 is 7.82 Å². The zero-order valence-electron chi connectivity index (χ0n) is 59.7. The lowest BCUT2D eigenvalue weighted by Gasteiger charge is -2.28. The molecule has 0 aliphatic carbocycles. The first-order chi connectivity index (χ1) is 43.0. The fraction of sp³-hybridized carbons (Fsp3) is 0.923. The summed E-state index contributed by atoms with van der Waals surface area (Å²) >= 11 is 0. The molecular formula is C78H152NO8P. The van der Waals surface area contributed by atoms with Crippen LogP contribution in [0.5, 0.6) is 0 Å². The highest BCUT2D eigenvalue weighted by Gasteiger charge is 2.22. The Kier molecular flexibility index (Phi) is 68.6. The molecule has 0 heterocycles. The summed E-state index contributed by atoms with van der Waals surface area (Å²) in [6.07, 6.45) is 88.8. The fourth-order valence-corrected chi connectivity index (χ4v) is 12.7. The van der Waals surface area contributed by atoms with E-state index in [2.05, 4.69) is 38.2 Å². The van der Waals surface area contributed by atoms with Gasteiger partial charge < -0.3 is 27.9 Å². The lowest BCUT2D eigenvalue weighted by molar-refractivity contribution is -0.870. The standard InChI is InChI=1S/C78H152NO8P/c1-6-8-10-12-14-16-18-20-22-24-26-28-30-32-34-35-36-37-38-39-40-41-42-43-45-46-48-50-52-54-56-58-60-62-64-66-68-70-77(80)84-74-76(75-86-88(82,83)85-73-72-79(3,4)5)87-78(81)71-69-67-65-63-61-59-57-55-53-51-49-47-44-33-31-29-27-25-23-21-19-17-15-13-11-9-7-2/h19,21,25,27,76H,6-18,20,22-24,26,28-75H2,1-5H3/b21-19-,27-25-. The molecule has 0 amide bonds. The van der Waals surface area contributed by atoms with Gasteiger partial charge in [0.25, 0.3) is 7.82 Å². The average molecular weight is 1260 g/mol. The third-order valence-electron chi connectivity index (χ3n) is 18.0. The van der Waals surface area contributed by atoms with Crippen LogP contribution in [-0.4, -0.2) is 70.0 Å². The predicted octanol–water partition coefficient (Wildman–Crippen LogP) is 25.0. The van der Waals surface area contributed by atoms with Crippen LogP contribution in [0.1, 0.15) is 412 Å². The van der Waals surface area contributed by atoms with Crippen molar-refractivity contribution in [2.24, 2.45) is 0 Å². The summed E-state index contributed by atoms with van der Waals surface area (Å²) in [5.74, 6) is -0.808. The summed E-state index contributed by atoms with van der Waals surface area (Å²) in [6.45, 7) is 4.31. The van der Waals surface area contributed by atoms with Crippen LogP contribution in [0.3, 0.4) is 0 Å². The highest BCUT2D eigenvalue weighted by molar-refractivity contribution is 7.45. The maximum Gasteiger partial charge on any atom is 0.306 e. The monoisotopic (exact) mass is 1260 g/mol. The van der Waals surface area contributed by atoms with Crippen LogP contribution in [0.25, 0.3) is 0 Å². The van der Waals surface area contributed by atoms with E-state index in [1.165, 1.54) is 340 Å². The van der Waals surface area contributed by atoms with E-state index in [0.29, 0.717) is 17.4 Å². The lowest BCUT2D eigenvalue weighted by atomic mass is 10.0. The first-order valence-electron chi connectivity index (χ1n) is 39.0. The summed E-state index contributed by atoms with van der Waals surface area (Å²) in [4.78, 5) is 38.1. The maximum atomic E-state index is 12.9. The van der Waals surface area contributed by atoms with E-state index >= 15 is 0 Å². The van der Waals surface area contributed by atoms with E-state index in [0.717, 1.165) is 38.5 Å². The first kappa shape index (κ1) is 86.5. The number of carbonyl (C=O) groups is 2. The summed E-state index contributed by atoms with van der Waals surface area (Å²) in [5.41, 5.74) is 0. The molecule has 88 heavy (non-hydrogen) atoms. The van der Waals surface area contributed by atoms with Crippen LogP contribution in [0.15, 0.2) is 24.3 Å². The minimum Gasteiger partial charge on any atom is -0.756 e. The molecule has 0 spiro atoms. The molecule has 10 heteroatoms. The van der Waals surface area contributed by atoms with Crippen molar-refractivity contribution in [3.63, 3.8) is 0 Å². The second-order valence-corrected chi connectivity index (χ2v) is 29.5. The van der Waals surface area contributed by atoms with Crippen molar-refractivity contribution < 1.29 is 42.1 Å².